The fraction of sp³-hybridized carbons (Fsp3) is 0.378. The highest BCUT2D eigenvalue weighted by Gasteiger charge is 2.18. The van der Waals surface area contributed by atoms with E-state index in [-0.39, 0.29) is 24.6 Å². The fourth-order valence-corrected chi connectivity index (χ4v) is 6.70. The van der Waals surface area contributed by atoms with Crippen molar-refractivity contribution in [3.63, 3.8) is 0 Å². The number of aliphatic hydroxyl groups excluding tert-OH is 2. The Balaban J connectivity index is 0.000000238. The molecule has 2 heterocycles. The van der Waals surface area contributed by atoms with Crippen molar-refractivity contribution in [2.24, 2.45) is 5.92 Å². The van der Waals surface area contributed by atoms with Crippen LogP contribution in [0.15, 0.2) is 73.3 Å². The number of fused-ring (bicyclic) bond motifs is 2. The van der Waals surface area contributed by atoms with Crippen LogP contribution >= 0.6 is 23.2 Å². The quantitative estimate of drug-likeness (QED) is 0.0611. The van der Waals surface area contributed by atoms with E-state index in [0.29, 0.717) is 91.5 Å². The molecule has 0 aliphatic rings. The summed E-state index contributed by atoms with van der Waals surface area (Å²) in [5.74, 6) is 2.15. The average molecular weight is 912 g/mol. The van der Waals surface area contributed by atoms with Crippen molar-refractivity contribution >= 4 is 68.0 Å². The molecule has 0 saturated heterocycles. The van der Waals surface area contributed by atoms with Crippen molar-refractivity contribution < 1.29 is 37.9 Å². The smallest absolute Gasteiger partial charge is 0.163 e. The first-order valence-electron chi connectivity index (χ1n) is 20.1. The molecule has 338 valence electrons. The molecule has 2 atom stereocenters. The average Bonchev–Trinajstić information content (AvgIpc) is 3.23. The number of benzene rings is 4. The third-order valence-corrected chi connectivity index (χ3v) is 10.1. The highest BCUT2D eigenvalue weighted by atomic mass is 35.5. The molecule has 14 nitrogen and oxygen atoms in total. The van der Waals surface area contributed by atoms with Crippen molar-refractivity contribution in [3.05, 3.63) is 95.0 Å². The number of ether oxygens (including phenoxy) is 4. The second-order valence-electron chi connectivity index (χ2n) is 15.6. The third kappa shape index (κ3) is 13.8. The topological polar surface area (TPSA) is 159 Å². The number of aliphatic hydroxyl groups is 2. The van der Waals surface area contributed by atoms with E-state index in [4.69, 9.17) is 42.1 Å². The van der Waals surface area contributed by atoms with Gasteiger partial charge in [-0.3, -0.25) is 0 Å². The van der Waals surface area contributed by atoms with E-state index in [9.17, 15) is 19.0 Å². The first kappa shape index (κ1) is 48.7. The van der Waals surface area contributed by atoms with Crippen LogP contribution in [-0.4, -0.2) is 119 Å². The van der Waals surface area contributed by atoms with Crippen LogP contribution in [0.5, 0.6) is 23.0 Å². The van der Waals surface area contributed by atoms with Crippen LogP contribution in [0.4, 0.5) is 31.8 Å². The monoisotopic (exact) mass is 910 g/mol. The summed E-state index contributed by atoms with van der Waals surface area (Å²) in [5.41, 5.74) is 1.64. The molecule has 2 unspecified atom stereocenters. The van der Waals surface area contributed by atoms with Crippen LogP contribution in [0.1, 0.15) is 27.7 Å². The molecule has 18 heteroatoms. The molecule has 4 N–H and O–H groups in total. The van der Waals surface area contributed by atoms with E-state index in [0.717, 1.165) is 6.54 Å². The largest absolute Gasteiger partial charge is 0.493 e. The molecule has 0 radical (unpaired) electrons. The summed E-state index contributed by atoms with van der Waals surface area (Å²) in [6, 6.07) is 15.9. The lowest BCUT2D eigenvalue weighted by molar-refractivity contribution is 0.0669. The maximum absolute atomic E-state index is 14.2. The molecule has 2 aromatic heterocycles. The summed E-state index contributed by atoms with van der Waals surface area (Å²) in [5, 5.41) is 28.4. The third-order valence-electron chi connectivity index (χ3n) is 9.65. The lowest BCUT2D eigenvalue weighted by Crippen LogP contribution is -2.36. The SMILES string of the molecule is COc1cc2c(Nc3ccc(Cl)cc3F)ncnc2cc1OCC(O)CN(C)C(C)C.COc1cc2c(Nc3ccc(Cl)cc3F)ncnc2cc1OCC(O)CN(C)CC(C)C. The Kier molecular flexibility index (Phi) is 17.6. The van der Waals surface area contributed by atoms with Gasteiger partial charge in [-0.15, -0.1) is 0 Å². The van der Waals surface area contributed by atoms with Crippen LogP contribution < -0.4 is 29.6 Å². The number of hydrogen-bond donors (Lipinski definition) is 4. The molecule has 0 saturated carbocycles. The van der Waals surface area contributed by atoms with Gasteiger partial charge in [-0.1, -0.05) is 37.0 Å². The van der Waals surface area contributed by atoms with Gasteiger partial charge in [-0.05, 0) is 82.4 Å². The van der Waals surface area contributed by atoms with Gasteiger partial charge < -0.3 is 49.6 Å². The Labute approximate surface area is 376 Å². The summed E-state index contributed by atoms with van der Waals surface area (Å²) in [6.45, 7) is 10.5. The van der Waals surface area contributed by atoms with Crippen LogP contribution in [-0.2, 0) is 0 Å². The maximum atomic E-state index is 14.2. The molecule has 63 heavy (non-hydrogen) atoms. The first-order chi connectivity index (χ1) is 30.0. The molecule has 0 aliphatic heterocycles. The Morgan fingerprint density at radius 3 is 1.46 bits per heavy atom. The van der Waals surface area contributed by atoms with Gasteiger partial charge in [-0.2, -0.15) is 0 Å². The normalized spacial score (nSPS) is 12.4. The number of rotatable bonds is 19. The van der Waals surface area contributed by atoms with Crippen LogP contribution in [0, 0.1) is 17.6 Å². The van der Waals surface area contributed by atoms with Crippen molar-refractivity contribution in [2.75, 3.05) is 71.8 Å². The predicted molar refractivity (Wildman–Crippen MR) is 245 cm³/mol. The van der Waals surface area contributed by atoms with Gasteiger partial charge in [0.1, 0.15) is 61.3 Å². The van der Waals surface area contributed by atoms with Crippen molar-refractivity contribution in [3.8, 4) is 23.0 Å². The minimum absolute atomic E-state index is 0.102. The number of nitrogens with zero attached hydrogens (tertiary/aromatic N) is 6. The van der Waals surface area contributed by atoms with Crippen LogP contribution in [0.3, 0.4) is 0 Å². The molecule has 6 aromatic rings. The summed E-state index contributed by atoms with van der Waals surface area (Å²) in [6.07, 6.45) is 1.43. The zero-order valence-electron chi connectivity index (χ0n) is 36.5. The summed E-state index contributed by atoms with van der Waals surface area (Å²) in [4.78, 5) is 21.1. The zero-order valence-corrected chi connectivity index (χ0v) is 38.0. The molecule has 4 aromatic carbocycles. The molecule has 6 rings (SSSR count). The number of likely N-dealkylation sites (N-methyl/N-ethyl adjacent to an activating group) is 2. The highest BCUT2D eigenvalue weighted by molar-refractivity contribution is 6.31. The number of nitrogens with one attached hydrogen (secondary N) is 2. The number of aromatic nitrogens is 4. The Morgan fingerprint density at radius 2 is 1.06 bits per heavy atom. The predicted octanol–water partition coefficient (Wildman–Crippen LogP) is 8.76. The van der Waals surface area contributed by atoms with Crippen LogP contribution in [0.2, 0.25) is 10.0 Å². The first-order valence-corrected chi connectivity index (χ1v) is 20.9. The number of anilines is 4. The summed E-state index contributed by atoms with van der Waals surface area (Å²) in [7, 11) is 6.96. The standard InChI is InChI=1S/C23H28ClFN4O3.C22H26ClFN4O3/c1-14(2)10-29(3)11-16(30)12-32-22-9-20-17(8-21(22)31-4)23(27-13-26-20)28-19-6-5-15(24)7-18(19)25;1-13(2)28(3)10-15(29)11-31-21-9-19-16(8-20(21)30-4)22(26-12-25-19)27-18-6-5-14(23)7-17(18)24/h5-9,13-14,16,30H,10-12H2,1-4H3,(H,26,27,28);5-9,12-13,15,29H,10-11H2,1-4H3,(H,25,26,27). The fourth-order valence-electron chi connectivity index (χ4n) is 6.39. The van der Waals surface area contributed by atoms with Gasteiger partial charge in [0.2, 0.25) is 0 Å². The second kappa shape index (κ2) is 22.8. The second-order valence-corrected chi connectivity index (χ2v) is 16.4. The lowest BCUT2D eigenvalue weighted by Gasteiger charge is -2.24. The van der Waals surface area contributed by atoms with Crippen molar-refractivity contribution in [2.45, 2.75) is 45.9 Å². The minimum atomic E-state index is -0.664. The molecule has 0 bridgehead atoms. The maximum Gasteiger partial charge on any atom is 0.163 e. The van der Waals surface area contributed by atoms with Gasteiger partial charge in [0, 0.05) is 58.6 Å². The number of methoxy groups -OCH3 is 2. The van der Waals surface area contributed by atoms with Crippen molar-refractivity contribution in [1.82, 2.24) is 29.7 Å². The molecular formula is C45H54Cl2F2N8O6. The van der Waals surface area contributed by atoms with Crippen LogP contribution in [0.25, 0.3) is 21.8 Å². The molecule has 0 aliphatic carbocycles. The Hall–Kier alpha value is -5.36. The van der Waals surface area contributed by atoms with Gasteiger partial charge in [0.25, 0.3) is 0 Å². The van der Waals surface area contributed by atoms with E-state index in [1.807, 2.05) is 19.0 Å². The number of halogens is 4. The lowest BCUT2D eigenvalue weighted by atomic mass is 10.2. The zero-order chi connectivity index (χ0) is 45.8. The van der Waals surface area contributed by atoms with Crippen molar-refractivity contribution in [1.29, 1.82) is 0 Å². The van der Waals surface area contributed by atoms with E-state index in [1.54, 1.807) is 36.4 Å². The summed E-state index contributed by atoms with van der Waals surface area (Å²) >= 11 is 11.7. The minimum Gasteiger partial charge on any atom is -0.493 e. The van der Waals surface area contributed by atoms with E-state index < -0.39 is 23.8 Å². The molecule has 0 spiro atoms. The molecule has 0 amide bonds. The van der Waals surface area contributed by atoms with E-state index in [2.05, 4.69) is 63.2 Å². The Bertz CT molecular complexity index is 2450. The number of hydrogen-bond acceptors (Lipinski definition) is 14. The Morgan fingerprint density at radius 1 is 0.619 bits per heavy atom. The van der Waals surface area contributed by atoms with Gasteiger partial charge in [0.05, 0.1) is 36.6 Å². The van der Waals surface area contributed by atoms with Gasteiger partial charge in [-0.25, -0.2) is 28.7 Å². The van der Waals surface area contributed by atoms with Gasteiger partial charge >= 0.3 is 0 Å². The van der Waals surface area contributed by atoms with E-state index >= 15 is 0 Å². The highest BCUT2D eigenvalue weighted by Crippen LogP contribution is 2.37. The van der Waals surface area contributed by atoms with E-state index in [1.165, 1.54) is 51.1 Å². The molecular weight excluding hydrogens is 857 g/mol. The van der Waals surface area contributed by atoms with Gasteiger partial charge in [0.15, 0.2) is 23.0 Å². The molecule has 0 fully saturated rings. The summed E-state index contributed by atoms with van der Waals surface area (Å²) < 4.78 is 51.0.